The Labute approximate surface area is 97.9 Å². The van der Waals surface area contributed by atoms with Gasteiger partial charge in [-0.2, -0.15) is 4.98 Å². The van der Waals surface area contributed by atoms with E-state index in [1.54, 1.807) is 0 Å². The normalized spacial score (nSPS) is 15.0. The van der Waals surface area contributed by atoms with Crippen LogP contribution in [-0.4, -0.2) is 15.0 Å². The molecule has 3 N–H and O–H groups in total. The molecule has 1 aliphatic rings. The average Bonchev–Trinajstić information content (AvgIpc) is 2.27. The van der Waals surface area contributed by atoms with Gasteiger partial charge in [0.15, 0.2) is 10.4 Å². The van der Waals surface area contributed by atoms with Crippen LogP contribution in [0, 0.1) is 4.77 Å². The summed E-state index contributed by atoms with van der Waals surface area (Å²) in [6, 6.07) is 2.10. The number of hydrogen-bond donors (Lipinski definition) is 2. The second-order valence-electron chi connectivity index (χ2n) is 4.13. The molecule has 0 saturated carbocycles. The molecule has 0 spiro atoms. The first-order chi connectivity index (χ1) is 7.74. The molecule has 2 heterocycles. The van der Waals surface area contributed by atoms with Crippen LogP contribution in [0.3, 0.4) is 0 Å². The molecule has 2 aromatic rings. The third-order valence-corrected chi connectivity index (χ3v) is 3.21. The van der Waals surface area contributed by atoms with Crippen LogP contribution in [0.15, 0.2) is 6.07 Å². The molecule has 0 aliphatic heterocycles. The number of H-pyrrole nitrogens is 1. The van der Waals surface area contributed by atoms with Gasteiger partial charge in [0.2, 0.25) is 0 Å². The number of rotatable bonds is 0. The lowest BCUT2D eigenvalue weighted by atomic mass is 9.95. The van der Waals surface area contributed by atoms with Gasteiger partial charge >= 0.3 is 0 Å². The number of pyridine rings is 1. The van der Waals surface area contributed by atoms with Crippen molar-refractivity contribution in [1.29, 1.82) is 0 Å². The maximum Gasteiger partial charge on any atom is 0.200 e. The molecule has 0 fully saturated rings. The van der Waals surface area contributed by atoms with Gasteiger partial charge in [0, 0.05) is 5.69 Å². The maximum absolute atomic E-state index is 5.89. The topological polar surface area (TPSA) is 67.6 Å². The number of hydrogen-bond acceptors (Lipinski definition) is 4. The van der Waals surface area contributed by atoms with Crippen molar-refractivity contribution in [2.75, 3.05) is 5.73 Å². The van der Waals surface area contributed by atoms with Gasteiger partial charge in [-0.3, -0.25) is 0 Å². The summed E-state index contributed by atoms with van der Waals surface area (Å²) in [7, 11) is 0. The SMILES string of the molecule is Nc1[nH]c(=S)nc2nc3c(cc12)CCCC3. The second-order valence-corrected chi connectivity index (χ2v) is 4.51. The van der Waals surface area contributed by atoms with Gasteiger partial charge in [-0.05, 0) is 49.5 Å². The number of fused-ring (bicyclic) bond motifs is 2. The van der Waals surface area contributed by atoms with Crippen LogP contribution < -0.4 is 5.73 Å². The maximum atomic E-state index is 5.89. The quantitative estimate of drug-likeness (QED) is 0.683. The molecule has 0 unspecified atom stereocenters. The van der Waals surface area contributed by atoms with E-state index in [2.05, 4.69) is 21.0 Å². The first kappa shape index (κ1) is 9.72. The van der Waals surface area contributed by atoms with Crippen molar-refractivity contribution >= 4 is 29.1 Å². The Morgan fingerprint density at radius 3 is 2.94 bits per heavy atom. The Morgan fingerprint density at radius 1 is 1.25 bits per heavy atom. The van der Waals surface area contributed by atoms with E-state index in [4.69, 9.17) is 18.0 Å². The minimum absolute atomic E-state index is 0.397. The zero-order valence-corrected chi connectivity index (χ0v) is 9.60. The van der Waals surface area contributed by atoms with Gasteiger partial charge in [-0.25, -0.2) is 4.98 Å². The molecule has 16 heavy (non-hydrogen) atoms. The summed E-state index contributed by atoms with van der Waals surface area (Å²) in [6.07, 6.45) is 4.57. The Kier molecular flexibility index (Phi) is 2.14. The lowest BCUT2D eigenvalue weighted by Crippen LogP contribution is -2.07. The standard InChI is InChI=1S/C11H12N4S/c12-9-7-5-6-3-1-2-4-8(6)13-10(7)15-11(16)14-9/h5H,1-4H2,(H3,12,13,14,15,16). The molecule has 3 rings (SSSR count). The van der Waals surface area contributed by atoms with E-state index in [1.165, 1.54) is 18.4 Å². The molecule has 0 bridgehead atoms. The van der Waals surface area contributed by atoms with E-state index >= 15 is 0 Å². The Balaban J connectivity index is 2.35. The second kappa shape index (κ2) is 3.52. The fourth-order valence-electron chi connectivity index (χ4n) is 2.21. The molecule has 0 radical (unpaired) electrons. The molecule has 0 aromatic carbocycles. The summed E-state index contributed by atoms with van der Waals surface area (Å²) in [5, 5.41) is 0.884. The summed E-state index contributed by atoms with van der Waals surface area (Å²) in [5.74, 6) is 0.566. The highest BCUT2D eigenvalue weighted by atomic mass is 32.1. The molecular formula is C11H12N4S. The number of nitrogens with two attached hydrogens (primary N) is 1. The van der Waals surface area contributed by atoms with Crippen molar-refractivity contribution in [3.05, 3.63) is 22.1 Å². The van der Waals surface area contributed by atoms with Crippen molar-refractivity contribution in [2.24, 2.45) is 0 Å². The number of aryl methyl sites for hydroxylation is 2. The molecular weight excluding hydrogens is 220 g/mol. The van der Waals surface area contributed by atoms with Gasteiger partial charge in [0.1, 0.15) is 5.82 Å². The van der Waals surface area contributed by atoms with Crippen molar-refractivity contribution in [3.63, 3.8) is 0 Å². The lowest BCUT2D eigenvalue weighted by Gasteiger charge is -2.15. The summed E-state index contributed by atoms with van der Waals surface area (Å²) >= 11 is 5.00. The first-order valence-electron chi connectivity index (χ1n) is 5.42. The third kappa shape index (κ3) is 1.48. The highest BCUT2D eigenvalue weighted by molar-refractivity contribution is 7.71. The fraction of sp³-hybridized carbons (Fsp3) is 0.364. The van der Waals surface area contributed by atoms with Crippen molar-refractivity contribution in [1.82, 2.24) is 15.0 Å². The summed E-state index contributed by atoms with van der Waals surface area (Å²) in [5.41, 5.74) is 9.02. The number of nitrogen functional groups attached to an aromatic ring is 1. The number of anilines is 1. The van der Waals surface area contributed by atoms with Crippen LogP contribution in [0.4, 0.5) is 5.82 Å². The van der Waals surface area contributed by atoms with E-state index in [0.717, 1.165) is 23.9 Å². The van der Waals surface area contributed by atoms with Crippen LogP contribution in [0.1, 0.15) is 24.1 Å². The van der Waals surface area contributed by atoms with E-state index in [9.17, 15) is 0 Å². The molecule has 5 heteroatoms. The number of nitrogens with one attached hydrogen (secondary N) is 1. The average molecular weight is 232 g/mol. The Hall–Kier alpha value is -1.49. The van der Waals surface area contributed by atoms with Crippen molar-refractivity contribution < 1.29 is 0 Å². The molecule has 82 valence electrons. The Morgan fingerprint density at radius 2 is 2.06 bits per heavy atom. The van der Waals surface area contributed by atoms with Crippen LogP contribution >= 0.6 is 12.2 Å². The predicted molar refractivity (Wildman–Crippen MR) is 65.8 cm³/mol. The van der Waals surface area contributed by atoms with Crippen LogP contribution in [0.5, 0.6) is 0 Å². The zero-order chi connectivity index (χ0) is 11.1. The van der Waals surface area contributed by atoms with E-state index < -0.39 is 0 Å². The van der Waals surface area contributed by atoms with Crippen LogP contribution in [0.25, 0.3) is 11.0 Å². The third-order valence-electron chi connectivity index (χ3n) is 3.02. The fourth-order valence-corrected chi connectivity index (χ4v) is 2.41. The minimum atomic E-state index is 0.397. The van der Waals surface area contributed by atoms with Gasteiger partial charge in [-0.1, -0.05) is 0 Å². The first-order valence-corrected chi connectivity index (χ1v) is 5.83. The lowest BCUT2D eigenvalue weighted by molar-refractivity contribution is 0.670. The molecule has 0 atom stereocenters. The minimum Gasteiger partial charge on any atom is -0.385 e. The number of aromatic amines is 1. The number of nitrogens with zero attached hydrogens (tertiary/aromatic N) is 2. The van der Waals surface area contributed by atoms with E-state index in [1.807, 2.05) is 0 Å². The monoisotopic (exact) mass is 232 g/mol. The van der Waals surface area contributed by atoms with Crippen molar-refractivity contribution in [3.8, 4) is 0 Å². The van der Waals surface area contributed by atoms with Gasteiger partial charge in [0.25, 0.3) is 0 Å². The Bertz CT molecular complexity index is 617. The van der Waals surface area contributed by atoms with E-state index in [0.29, 0.717) is 16.2 Å². The summed E-state index contributed by atoms with van der Waals surface area (Å²) < 4.78 is 0.397. The highest BCUT2D eigenvalue weighted by Crippen LogP contribution is 2.24. The molecule has 0 amide bonds. The molecule has 1 aliphatic carbocycles. The van der Waals surface area contributed by atoms with E-state index in [-0.39, 0.29) is 0 Å². The van der Waals surface area contributed by atoms with Crippen LogP contribution in [-0.2, 0) is 12.8 Å². The van der Waals surface area contributed by atoms with Gasteiger partial charge in [-0.15, -0.1) is 0 Å². The highest BCUT2D eigenvalue weighted by Gasteiger charge is 2.13. The molecule has 0 saturated heterocycles. The van der Waals surface area contributed by atoms with Crippen molar-refractivity contribution in [2.45, 2.75) is 25.7 Å². The molecule has 4 nitrogen and oxygen atoms in total. The van der Waals surface area contributed by atoms with Crippen LogP contribution in [0.2, 0.25) is 0 Å². The van der Waals surface area contributed by atoms with Gasteiger partial charge in [0.05, 0.1) is 5.39 Å². The predicted octanol–water partition coefficient (Wildman–Crippen LogP) is 2.15. The number of aromatic nitrogens is 3. The molecule has 2 aromatic heterocycles. The summed E-state index contributed by atoms with van der Waals surface area (Å²) in [6.45, 7) is 0. The largest absolute Gasteiger partial charge is 0.385 e. The summed E-state index contributed by atoms with van der Waals surface area (Å²) in [4.78, 5) is 11.6. The zero-order valence-electron chi connectivity index (χ0n) is 8.79. The van der Waals surface area contributed by atoms with Gasteiger partial charge < -0.3 is 10.7 Å². The smallest absolute Gasteiger partial charge is 0.200 e.